The smallest absolute Gasteiger partial charge is 0.227 e. The summed E-state index contributed by atoms with van der Waals surface area (Å²) in [6.45, 7) is 6.60. The van der Waals surface area contributed by atoms with Crippen LogP contribution >= 0.6 is 0 Å². The van der Waals surface area contributed by atoms with Crippen molar-refractivity contribution in [2.75, 3.05) is 60.2 Å². The first-order chi connectivity index (χ1) is 12.7. The van der Waals surface area contributed by atoms with Crippen LogP contribution in [-0.2, 0) is 16.0 Å². The predicted octanol–water partition coefficient (Wildman–Crippen LogP) is 1.82. The highest BCUT2D eigenvalue weighted by Crippen LogP contribution is 2.26. The summed E-state index contributed by atoms with van der Waals surface area (Å²) in [4.78, 5) is 17.2. The zero-order valence-corrected chi connectivity index (χ0v) is 15.9. The zero-order chi connectivity index (χ0) is 18.4. The molecule has 0 aliphatic carbocycles. The number of hydrogen-bond donors (Lipinski definition) is 0. The summed E-state index contributed by atoms with van der Waals surface area (Å²) in [6.07, 6.45) is 2.52. The molecule has 6 heteroatoms. The minimum atomic E-state index is 0.168. The molecule has 6 nitrogen and oxygen atoms in total. The van der Waals surface area contributed by atoms with Crippen LogP contribution in [0.2, 0.25) is 0 Å². The SMILES string of the molecule is COc1ccc(OC)c(CC(=O)N2CCC(CN3CCOCC3)CC2)c1. The number of likely N-dealkylation sites (tertiary alicyclic amines) is 1. The summed E-state index contributed by atoms with van der Waals surface area (Å²) >= 11 is 0. The van der Waals surface area contributed by atoms with E-state index < -0.39 is 0 Å². The number of morpholine rings is 1. The molecule has 0 radical (unpaired) electrons. The molecule has 1 aromatic rings. The van der Waals surface area contributed by atoms with Crippen LogP contribution in [-0.4, -0.2) is 75.9 Å². The number of hydrogen-bond acceptors (Lipinski definition) is 5. The van der Waals surface area contributed by atoms with Crippen molar-refractivity contribution < 1.29 is 19.0 Å². The Morgan fingerprint density at radius 2 is 1.85 bits per heavy atom. The van der Waals surface area contributed by atoms with Gasteiger partial charge in [-0.2, -0.15) is 0 Å². The fourth-order valence-electron chi connectivity index (χ4n) is 3.81. The van der Waals surface area contributed by atoms with Gasteiger partial charge in [0.05, 0.1) is 33.9 Å². The van der Waals surface area contributed by atoms with Gasteiger partial charge in [0.15, 0.2) is 0 Å². The van der Waals surface area contributed by atoms with Crippen LogP contribution in [0.3, 0.4) is 0 Å². The number of piperidine rings is 1. The number of ether oxygens (including phenoxy) is 3. The molecule has 2 heterocycles. The van der Waals surface area contributed by atoms with E-state index in [0.717, 1.165) is 75.8 Å². The fourth-order valence-corrected chi connectivity index (χ4v) is 3.81. The lowest BCUT2D eigenvalue weighted by molar-refractivity contribution is -0.132. The Kier molecular flexibility index (Phi) is 6.74. The number of amides is 1. The topological polar surface area (TPSA) is 51.2 Å². The fraction of sp³-hybridized carbons (Fsp3) is 0.650. The first kappa shape index (κ1) is 19.0. The van der Waals surface area contributed by atoms with Crippen LogP contribution in [0, 0.1) is 5.92 Å². The maximum absolute atomic E-state index is 12.7. The molecular weight excluding hydrogens is 332 g/mol. The van der Waals surface area contributed by atoms with Crippen molar-refractivity contribution in [3.05, 3.63) is 23.8 Å². The van der Waals surface area contributed by atoms with Crippen LogP contribution < -0.4 is 9.47 Å². The number of rotatable bonds is 6. The summed E-state index contributed by atoms with van der Waals surface area (Å²) in [5, 5.41) is 0. The molecule has 2 saturated heterocycles. The second-order valence-corrected chi connectivity index (χ2v) is 7.09. The highest BCUT2D eigenvalue weighted by Gasteiger charge is 2.25. The highest BCUT2D eigenvalue weighted by molar-refractivity contribution is 5.79. The predicted molar refractivity (Wildman–Crippen MR) is 99.8 cm³/mol. The standard InChI is InChI=1S/C20H30N2O4/c1-24-18-3-4-19(25-2)17(13-18)14-20(23)22-7-5-16(6-8-22)15-21-9-11-26-12-10-21/h3-4,13,16H,5-12,14-15H2,1-2H3. The summed E-state index contributed by atoms with van der Waals surface area (Å²) in [7, 11) is 3.26. The number of carbonyl (C=O) groups is 1. The minimum absolute atomic E-state index is 0.168. The Balaban J connectivity index is 1.50. The number of methoxy groups -OCH3 is 2. The van der Waals surface area contributed by atoms with Crippen molar-refractivity contribution >= 4 is 5.91 Å². The monoisotopic (exact) mass is 362 g/mol. The summed E-state index contributed by atoms with van der Waals surface area (Å²) in [6, 6.07) is 5.60. The molecule has 2 aliphatic rings. The molecule has 2 aliphatic heterocycles. The number of nitrogens with zero attached hydrogens (tertiary/aromatic N) is 2. The Morgan fingerprint density at radius 1 is 1.12 bits per heavy atom. The molecule has 0 spiro atoms. The second kappa shape index (κ2) is 9.24. The minimum Gasteiger partial charge on any atom is -0.497 e. The Hall–Kier alpha value is -1.79. The van der Waals surface area contributed by atoms with E-state index in [-0.39, 0.29) is 5.91 Å². The zero-order valence-electron chi connectivity index (χ0n) is 15.9. The molecule has 3 rings (SSSR count). The van der Waals surface area contributed by atoms with Crippen molar-refractivity contribution in [3.63, 3.8) is 0 Å². The van der Waals surface area contributed by atoms with E-state index in [1.165, 1.54) is 0 Å². The average Bonchev–Trinajstić information content (AvgIpc) is 2.69. The first-order valence-electron chi connectivity index (χ1n) is 9.48. The van der Waals surface area contributed by atoms with E-state index in [9.17, 15) is 4.79 Å². The van der Waals surface area contributed by atoms with E-state index in [1.54, 1.807) is 14.2 Å². The van der Waals surface area contributed by atoms with E-state index in [0.29, 0.717) is 12.3 Å². The average molecular weight is 362 g/mol. The van der Waals surface area contributed by atoms with Crippen molar-refractivity contribution in [2.24, 2.45) is 5.92 Å². The van der Waals surface area contributed by atoms with E-state index in [1.807, 2.05) is 23.1 Å². The lowest BCUT2D eigenvalue weighted by Crippen LogP contribution is -2.44. The molecule has 0 unspecified atom stereocenters. The molecule has 0 bridgehead atoms. The summed E-state index contributed by atoms with van der Waals surface area (Å²) in [5.41, 5.74) is 0.882. The van der Waals surface area contributed by atoms with Crippen LogP contribution in [0.5, 0.6) is 11.5 Å². The van der Waals surface area contributed by atoms with Gasteiger partial charge in [0.2, 0.25) is 5.91 Å². The van der Waals surface area contributed by atoms with Crippen molar-refractivity contribution in [1.29, 1.82) is 0 Å². The van der Waals surface area contributed by atoms with Crippen LogP contribution in [0.1, 0.15) is 18.4 Å². The lowest BCUT2D eigenvalue weighted by atomic mass is 9.95. The van der Waals surface area contributed by atoms with Gasteiger partial charge in [-0.1, -0.05) is 0 Å². The number of carbonyl (C=O) groups excluding carboxylic acids is 1. The van der Waals surface area contributed by atoms with Crippen molar-refractivity contribution in [3.8, 4) is 11.5 Å². The highest BCUT2D eigenvalue weighted by atomic mass is 16.5. The van der Waals surface area contributed by atoms with Gasteiger partial charge >= 0.3 is 0 Å². The third-order valence-electron chi connectivity index (χ3n) is 5.42. The van der Waals surface area contributed by atoms with Crippen LogP contribution in [0.15, 0.2) is 18.2 Å². The molecule has 0 saturated carbocycles. The Labute approximate surface area is 156 Å². The Morgan fingerprint density at radius 3 is 2.50 bits per heavy atom. The summed E-state index contributed by atoms with van der Waals surface area (Å²) < 4.78 is 16.1. The quantitative estimate of drug-likeness (QED) is 0.773. The molecule has 0 aromatic heterocycles. The van der Waals surface area contributed by atoms with Gasteiger partial charge in [0.25, 0.3) is 0 Å². The molecule has 1 aromatic carbocycles. The summed E-state index contributed by atoms with van der Waals surface area (Å²) in [5.74, 6) is 2.34. The van der Waals surface area contributed by atoms with Gasteiger partial charge in [-0.15, -0.1) is 0 Å². The first-order valence-corrected chi connectivity index (χ1v) is 9.48. The van der Waals surface area contributed by atoms with Gasteiger partial charge in [0, 0.05) is 38.3 Å². The molecule has 144 valence electrons. The molecule has 1 amide bonds. The van der Waals surface area contributed by atoms with Gasteiger partial charge in [-0.05, 0) is 37.0 Å². The normalized spacial score (nSPS) is 19.4. The van der Waals surface area contributed by atoms with Crippen LogP contribution in [0.25, 0.3) is 0 Å². The third kappa shape index (κ3) is 4.89. The van der Waals surface area contributed by atoms with E-state index in [2.05, 4.69) is 4.90 Å². The maximum Gasteiger partial charge on any atom is 0.227 e. The number of benzene rings is 1. The second-order valence-electron chi connectivity index (χ2n) is 7.09. The molecule has 0 N–H and O–H groups in total. The van der Waals surface area contributed by atoms with Gasteiger partial charge in [0.1, 0.15) is 11.5 Å². The van der Waals surface area contributed by atoms with Gasteiger partial charge < -0.3 is 19.1 Å². The van der Waals surface area contributed by atoms with Crippen molar-refractivity contribution in [1.82, 2.24) is 9.80 Å². The molecule has 26 heavy (non-hydrogen) atoms. The maximum atomic E-state index is 12.7. The van der Waals surface area contributed by atoms with E-state index >= 15 is 0 Å². The molecular formula is C20H30N2O4. The Bertz CT molecular complexity index is 593. The molecule has 0 atom stereocenters. The van der Waals surface area contributed by atoms with Crippen molar-refractivity contribution in [2.45, 2.75) is 19.3 Å². The van der Waals surface area contributed by atoms with E-state index in [4.69, 9.17) is 14.2 Å². The lowest BCUT2D eigenvalue weighted by Gasteiger charge is -2.36. The largest absolute Gasteiger partial charge is 0.497 e. The third-order valence-corrected chi connectivity index (χ3v) is 5.42. The van der Waals surface area contributed by atoms with Gasteiger partial charge in [-0.3, -0.25) is 9.69 Å². The molecule has 2 fully saturated rings. The van der Waals surface area contributed by atoms with Gasteiger partial charge in [-0.25, -0.2) is 0 Å². The van der Waals surface area contributed by atoms with Crippen LogP contribution in [0.4, 0.5) is 0 Å².